The average molecular weight is 744 g/mol. The minimum absolute atomic E-state index is 0.163. The van der Waals surface area contributed by atoms with Crippen molar-refractivity contribution in [1.82, 2.24) is 0 Å². The second-order valence-electron chi connectivity index (χ2n) is 17.2. The van der Waals surface area contributed by atoms with Crippen molar-refractivity contribution in [3.05, 3.63) is 186 Å². The molecular formula is C54H40BN2O. The molecule has 12 rings (SSSR count). The minimum Gasteiger partial charge on any atom is -0.456 e. The summed E-state index contributed by atoms with van der Waals surface area (Å²) in [5.41, 5.74) is 22.1. The Kier molecular flexibility index (Phi) is 6.83. The highest BCUT2D eigenvalue weighted by molar-refractivity contribution is 6.74. The van der Waals surface area contributed by atoms with Crippen molar-refractivity contribution in [2.24, 2.45) is 0 Å². The van der Waals surface area contributed by atoms with Crippen LogP contribution in [0.15, 0.2) is 168 Å². The van der Waals surface area contributed by atoms with E-state index in [0.717, 1.165) is 55.7 Å². The van der Waals surface area contributed by atoms with E-state index in [9.17, 15) is 0 Å². The molecule has 0 unspecified atom stereocenters. The summed E-state index contributed by atoms with van der Waals surface area (Å²) in [7, 11) is 2.43. The molecule has 0 bridgehead atoms. The van der Waals surface area contributed by atoms with Gasteiger partial charge in [-0.2, -0.15) is 0 Å². The Hall–Kier alpha value is -6.78. The number of hydrogen-bond donors (Lipinski definition) is 1. The molecule has 58 heavy (non-hydrogen) atoms. The van der Waals surface area contributed by atoms with Crippen molar-refractivity contribution >= 4 is 68.6 Å². The molecule has 0 amide bonds. The summed E-state index contributed by atoms with van der Waals surface area (Å²) in [5.74, 6) is 0. The Labute approximate surface area is 339 Å². The first-order valence-electron chi connectivity index (χ1n) is 20.4. The number of hydrogen-bond acceptors (Lipinski definition) is 3. The summed E-state index contributed by atoms with van der Waals surface area (Å²) in [6.45, 7) is 9.43. The van der Waals surface area contributed by atoms with Gasteiger partial charge in [0.2, 0.25) is 0 Å². The van der Waals surface area contributed by atoms with Gasteiger partial charge in [-0.1, -0.05) is 167 Å². The third-order valence-electron chi connectivity index (χ3n) is 13.3. The van der Waals surface area contributed by atoms with Crippen molar-refractivity contribution in [2.75, 3.05) is 10.2 Å². The summed E-state index contributed by atoms with van der Waals surface area (Å²) in [6.07, 6.45) is 0. The van der Waals surface area contributed by atoms with E-state index in [0.29, 0.717) is 0 Å². The fraction of sp³-hybridized carbons (Fsp3) is 0.111. The lowest BCUT2D eigenvalue weighted by Crippen LogP contribution is -2.45. The fourth-order valence-electron chi connectivity index (χ4n) is 10.6. The van der Waals surface area contributed by atoms with Gasteiger partial charge >= 0.3 is 0 Å². The van der Waals surface area contributed by atoms with Crippen LogP contribution in [0.5, 0.6) is 0 Å². The number of anilines is 5. The SMILES string of the molecule is CC1(C)c2ccccc2N2c3cc4oc5ccccc5c4c(-c4ccc(-c5ccccc5)cc4Nc4cccc5c4C(C)(C)c4ccccc4-5)c3[B]c3cccc1c32. The van der Waals surface area contributed by atoms with Crippen molar-refractivity contribution in [1.29, 1.82) is 0 Å². The number of furan rings is 1. The van der Waals surface area contributed by atoms with Crippen LogP contribution in [-0.4, -0.2) is 7.28 Å². The third kappa shape index (κ3) is 4.52. The van der Waals surface area contributed by atoms with Crippen LogP contribution in [0, 0.1) is 0 Å². The zero-order chi connectivity index (χ0) is 38.9. The van der Waals surface area contributed by atoms with Crippen LogP contribution in [-0.2, 0) is 10.8 Å². The molecular weight excluding hydrogens is 703 g/mol. The molecule has 4 heteroatoms. The van der Waals surface area contributed by atoms with Crippen molar-refractivity contribution in [3.8, 4) is 33.4 Å². The zero-order valence-corrected chi connectivity index (χ0v) is 33.0. The first kappa shape index (κ1) is 33.4. The highest BCUT2D eigenvalue weighted by atomic mass is 16.3. The van der Waals surface area contributed by atoms with E-state index in [1.807, 2.05) is 0 Å². The van der Waals surface area contributed by atoms with Crippen molar-refractivity contribution in [3.63, 3.8) is 0 Å². The quantitative estimate of drug-likeness (QED) is 0.182. The summed E-state index contributed by atoms with van der Waals surface area (Å²) in [6, 6.07) is 59.8. The Morgan fingerprint density at radius 3 is 2.12 bits per heavy atom. The maximum absolute atomic E-state index is 6.85. The van der Waals surface area contributed by atoms with Gasteiger partial charge in [-0.3, -0.25) is 0 Å². The second kappa shape index (κ2) is 11.9. The average Bonchev–Trinajstić information content (AvgIpc) is 3.74. The summed E-state index contributed by atoms with van der Waals surface area (Å²) < 4.78 is 6.85. The minimum atomic E-state index is -0.183. The van der Waals surface area contributed by atoms with Crippen LogP contribution in [0.3, 0.4) is 0 Å². The maximum Gasteiger partial charge on any atom is 0.197 e. The summed E-state index contributed by atoms with van der Waals surface area (Å²) >= 11 is 0. The zero-order valence-electron chi connectivity index (χ0n) is 33.0. The standard InChI is InChI=1S/C54H40BN2O/c1-53(2)39-22-11-12-26-44(39)57-45-31-47-48(37-19-9-13-27-46(37)58-47)49(51(45)55-41-24-15-23-40(53)52(41)57)36-29-28-33(32-16-6-5-7-17-32)30-43(36)56-42-25-14-20-35-34-18-8-10-21-38(34)54(3,4)50(35)42/h5-31,56H,1-4H3. The lowest BCUT2D eigenvalue weighted by Gasteiger charge is -2.46. The lowest BCUT2D eigenvalue weighted by atomic mass is 9.55. The van der Waals surface area contributed by atoms with E-state index >= 15 is 0 Å². The molecule has 0 saturated heterocycles. The lowest BCUT2D eigenvalue weighted by molar-refractivity contribution is 0.632. The molecule has 0 saturated carbocycles. The summed E-state index contributed by atoms with van der Waals surface area (Å²) in [5, 5.41) is 6.35. The molecule has 2 aliphatic heterocycles. The predicted molar refractivity (Wildman–Crippen MR) is 244 cm³/mol. The smallest absolute Gasteiger partial charge is 0.197 e. The molecule has 8 aromatic carbocycles. The molecule has 9 aromatic rings. The van der Waals surface area contributed by atoms with E-state index in [1.165, 1.54) is 61.2 Å². The molecule has 3 nitrogen and oxygen atoms in total. The van der Waals surface area contributed by atoms with Crippen LogP contribution < -0.4 is 21.1 Å². The van der Waals surface area contributed by atoms with Crippen LogP contribution in [0.1, 0.15) is 49.9 Å². The van der Waals surface area contributed by atoms with Gasteiger partial charge in [0.1, 0.15) is 11.2 Å². The van der Waals surface area contributed by atoms with Gasteiger partial charge in [0, 0.05) is 56.0 Å². The van der Waals surface area contributed by atoms with Gasteiger partial charge in [0.25, 0.3) is 0 Å². The first-order chi connectivity index (χ1) is 28.3. The number of nitrogens with zero attached hydrogens (tertiary/aromatic N) is 1. The van der Waals surface area contributed by atoms with E-state index in [2.05, 4.69) is 209 Å². The van der Waals surface area contributed by atoms with Crippen molar-refractivity contribution < 1.29 is 4.42 Å². The third-order valence-corrected chi connectivity index (χ3v) is 13.3. The molecule has 1 aromatic heterocycles. The van der Waals surface area contributed by atoms with Gasteiger partial charge < -0.3 is 14.6 Å². The van der Waals surface area contributed by atoms with Gasteiger partial charge in [0.15, 0.2) is 7.28 Å². The van der Waals surface area contributed by atoms with Crippen LogP contribution in [0.4, 0.5) is 28.4 Å². The molecule has 1 radical (unpaired) electrons. The van der Waals surface area contributed by atoms with Gasteiger partial charge in [-0.05, 0) is 79.8 Å². The molecule has 0 spiro atoms. The van der Waals surface area contributed by atoms with Crippen LogP contribution in [0.25, 0.3) is 55.3 Å². The Morgan fingerprint density at radius 1 is 0.517 bits per heavy atom. The largest absolute Gasteiger partial charge is 0.456 e. The number of benzene rings is 8. The topological polar surface area (TPSA) is 28.4 Å². The molecule has 0 atom stereocenters. The number of nitrogens with one attached hydrogen (secondary N) is 1. The van der Waals surface area contributed by atoms with E-state index < -0.39 is 0 Å². The molecule has 275 valence electrons. The monoisotopic (exact) mass is 743 g/mol. The number of para-hydroxylation sites is 3. The molecule has 1 N–H and O–H groups in total. The van der Waals surface area contributed by atoms with E-state index in [-0.39, 0.29) is 10.8 Å². The van der Waals surface area contributed by atoms with E-state index in [1.54, 1.807) is 0 Å². The number of fused-ring (bicyclic) bond motifs is 10. The van der Waals surface area contributed by atoms with Gasteiger partial charge in [-0.15, -0.1) is 0 Å². The Balaban J connectivity index is 1.16. The maximum atomic E-state index is 6.85. The normalized spacial score (nSPS) is 14.9. The molecule has 1 aliphatic carbocycles. The molecule has 3 heterocycles. The Morgan fingerprint density at radius 2 is 1.24 bits per heavy atom. The van der Waals surface area contributed by atoms with Crippen LogP contribution in [0.2, 0.25) is 0 Å². The highest BCUT2D eigenvalue weighted by Gasteiger charge is 2.42. The van der Waals surface area contributed by atoms with Gasteiger partial charge in [-0.25, -0.2) is 0 Å². The molecule has 3 aliphatic rings. The van der Waals surface area contributed by atoms with E-state index in [4.69, 9.17) is 4.42 Å². The number of rotatable bonds is 4. The Bertz CT molecular complexity index is 3190. The highest BCUT2D eigenvalue weighted by Crippen LogP contribution is 2.55. The fourth-order valence-corrected chi connectivity index (χ4v) is 10.6. The first-order valence-corrected chi connectivity index (χ1v) is 20.4. The summed E-state index contributed by atoms with van der Waals surface area (Å²) in [4.78, 5) is 2.51. The van der Waals surface area contributed by atoms with Gasteiger partial charge in [0.05, 0.1) is 5.69 Å². The van der Waals surface area contributed by atoms with Crippen LogP contribution >= 0.6 is 0 Å². The predicted octanol–water partition coefficient (Wildman–Crippen LogP) is 13.0. The molecule has 0 fully saturated rings. The van der Waals surface area contributed by atoms with Crippen molar-refractivity contribution in [2.45, 2.75) is 38.5 Å². The second-order valence-corrected chi connectivity index (χ2v) is 17.2.